The van der Waals surface area contributed by atoms with Crippen molar-refractivity contribution in [3.63, 3.8) is 0 Å². The summed E-state index contributed by atoms with van der Waals surface area (Å²) in [5.74, 6) is 0. The maximum atomic E-state index is 5.87. The molecule has 0 spiro atoms. The van der Waals surface area contributed by atoms with Crippen molar-refractivity contribution in [2.75, 3.05) is 13.1 Å². The van der Waals surface area contributed by atoms with E-state index in [1.807, 2.05) is 33.8 Å². The first-order valence-corrected chi connectivity index (χ1v) is 5.65. The molecular formula is C12H23BClNO2. The Labute approximate surface area is 111 Å². The van der Waals surface area contributed by atoms with Gasteiger partial charge in [0.05, 0.1) is 11.2 Å². The molecule has 0 aromatic rings. The second-order valence-electron chi connectivity index (χ2n) is 5.17. The lowest BCUT2D eigenvalue weighted by molar-refractivity contribution is 0.00578. The molecule has 0 saturated carbocycles. The minimum Gasteiger partial charge on any atom is -0.400 e. The van der Waals surface area contributed by atoms with E-state index in [1.54, 1.807) is 0 Å². The van der Waals surface area contributed by atoms with E-state index in [4.69, 9.17) is 9.31 Å². The highest BCUT2D eigenvalue weighted by molar-refractivity contribution is 6.54. The van der Waals surface area contributed by atoms with Gasteiger partial charge in [-0.2, -0.15) is 0 Å². The van der Waals surface area contributed by atoms with Gasteiger partial charge in [-0.3, -0.25) is 0 Å². The first kappa shape index (κ1) is 16.7. The maximum absolute atomic E-state index is 5.87. The maximum Gasteiger partial charge on any atom is 0.491 e. The van der Waals surface area contributed by atoms with Crippen LogP contribution in [0.3, 0.4) is 0 Å². The summed E-state index contributed by atoms with van der Waals surface area (Å²) >= 11 is 0. The Morgan fingerprint density at radius 1 is 1.24 bits per heavy atom. The standard InChI is InChI=1S/C12H22BNO2.ClH/c1-7-8-14-9-10(2)13-15-11(3,4)12(5,6)16-13;/h7,14H,1-2,8-9H2,3-6H3;1H. The van der Waals surface area contributed by atoms with Gasteiger partial charge in [0, 0.05) is 13.1 Å². The highest BCUT2D eigenvalue weighted by Gasteiger charge is 2.51. The fourth-order valence-corrected chi connectivity index (χ4v) is 1.43. The Balaban J connectivity index is 0.00000256. The zero-order chi connectivity index (χ0) is 12.4. The Bertz CT molecular complexity index is 276. The van der Waals surface area contributed by atoms with Crippen LogP contribution in [0.1, 0.15) is 27.7 Å². The van der Waals surface area contributed by atoms with Crippen LogP contribution in [0, 0.1) is 0 Å². The Morgan fingerprint density at radius 3 is 2.12 bits per heavy atom. The summed E-state index contributed by atoms with van der Waals surface area (Å²) in [6.45, 7) is 17.2. The molecular weight excluding hydrogens is 236 g/mol. The average molecular weight is 260 g/mol. The van der Waals surface area contributed by atoms with Crippen molar-refractivity contribution in [3.8, 4) is 0 Å². The van der Waals surface area contributed by atoms with Crippen LogP contribution in [0.2, 0.25) is 0 Å². The van der Waals surface area contributed by atoms with E-state index in [9.17, 15) is 0 Å². The van der Waals surface area contributed by atoms with Crippen LogP contribution < -0.4 is 5.32 Å². The smallest absolute Gasteiger partial charge is 0.400 e. The Morgan fingerprint density at radius 2 is 1.71 bits per heavy atom. The summed E-state index contributed by atoms with van der Waals surface area (Å²) in [5.41, 5.74) is 0.332. The van der Waals surface area contributed by atoms with Crippen molar-refractivity contribution in [1.82, 2.24) is 5.32 Å². The number of nitrogens with one attached hydrogen (secondary N) is 1. The molecule has 1 aliphatic heterocycles. The van der Waals surface area contributed by atoms with Crippen LogP contribution in [-0.4, -0.2) is 31.4 Å². The van der Waals surface area contributed by atoms with Crippen molar-refractivity contribution < 1.29 is 9.31 Å². The summed E-state index contributed by atoms with van der Waals surface area (Å²) in [6.07, 6.45) is 1.82. The molecule has 1 aliphatic rings. The Hall–Kier alpha value is -0.285. The second kappa shape index (κ2) is 6.05. The summed E-state index contributed by atoms with van der Waals surface area (Å²) in [5, 5.41) is 3.19. The highest BCUT2D eigenvalue weighted by Crippen LogP contribution is 2.38. The summed E-state index contributed by atoms with van der Waals surface area (Å²) < 4.78 is 11.7. The van der Waals surface area contributed by atoms with E-state index in [2.05, 4.69) is 18.5 Å². The van der Waals surface area contributed by atoms with Crippen molar-refractivity contribution in [2.24, 2.45) is 0 Å². The fourth-order valence-electron chi connectivity index (χ4n) is 1.43. The molecule has 0 aromatic carbocycles. The van der Waals surface area contributed by atoms with Gasteiger partial charge < -0.3 is 14.6 Å². The summed E-state index contributed by atoms with van der Waals surface area (Å²) in [6, 6.07) is 0. The van der Waals surface area contributed by atoms with Gasteiger partial charge in [-0.15, -0.1) is 25.6 Å². The lowest BCUT2D eigenvalue weighted by atomic mass is 9.79. The zero-order valence-corrected chi connectivity index (χ0v) is 12.0. The van der Waals surface area contributed by atoms with Gasteiger partial charge in [0.1, 0.15) is 0 Å². The molecule has 1 heterocycles. The Kier molecular flexibility index (Phi) is 5.95. The number of halogens is 1. The van der Waals surface area contributed by atoms with Crippen molar-refractivity contribution in [2.45, 2.75) is 38.9 Å². The quantitative estimate of drug-likeness (QED) is 0.467. The zero-order valence-electron chi connectivity index (χ0n) is 11.2. The largest absolute Gasteiger partial charge is 0.491 e. The van der Waals surface area contributed by atoms with Gasteiger partial charge in [0.2, 0.25) is 0 Å². The molecule has 0 unspecified atom stereocenters. The highest BCUT2D eigenvalue weighted by atomic mass is 35.5. The van der Waals surface area contributed by atoms with Gasteiger partial charge in [-0.05, 0) is 33.2 Å². The minimum atomic E-state index is -0.317. The van der Waals surface area contributed by atoms with E-state index < -0.39 is 0 Å². The van der Waals surface area contributed by atoms with Crippen molar-refractivity contribution in [3.05, 3.63) is 24.7 Å². The van der Waals surface area contributed by atoms with Crippen LogP contribution in [0.15, 0.2) is 24.7 Å². The first-order chi connectivity index (χ1) is 7.30. The van der Waals surface area contributed by atoms with Gasteiger partial charge in [-0.1, -0.05) is 6.08 Å². The SMILES string of the molecule is C=CCNCC(=C)B1OC(C)(C)C(C)(C)O1.Cl. The van der Waals surface area contributed by atoms with Crippen molar-refractivity contribution in [1.29, 1.82) is 0 Å². The van der Waals surface area contributed by atoms with Gasteiger partial charge in [0.15, 0.2) is 0 Å². The molecule has 0 aromatic heterocycles. The normalized spacial score (nSPS) is 20.8. The predicted octanol–water partition coefficient (Wildman–Crippen LogP) is 2.37. The molecule has 98 valence electrons. The minimum absolute atomic E-state index is 0. The monoisotopic (exact) mass is 259 g/mol. The van der Waals surface area contributed by atoms with Gasteiger partial charge >= 0.3 is 7.12 Å². The van der Waals surface area contributed by atoms with E-state index in [1.165, 1.54) is 0 Å². The molecule has 1 rings (SSSR count). The molecule has 0 bridgehead atoms. The van der Waals surface area contributed by atoms with Crippen LogP contribution in [0.4, 0.5) is 0 Å². The molecule has 1 N–H and O–H groups in total. The van der Waals surface area contributed by atoms with Gasteiger partial charge in [0.25, 0.3) is 0 Å². The van der Waals surface area contributed by atoms with E-state index >= 15 is 0 Å². The van der Waals surface area contributed by atoms with E-state index in [0.717, 1.165) is 12.0 Å². The summed E-state index contributed by atoms with van der Waals surface area (Å²) in [7, 11) is -0.317. The first-order valence-electron chi connectivity index (χ1n) is 5.65. The van der Waals surface area contributed by atoms with Crippen LogP contribution >= 0.6 is 12.4 Å². The average Bonchev–Trinajstić information content (AvgIpc) is 2.36. The van der Waals surface area contributed by atoms with Crippen molar-refractivity contribution >= 4 is 19.5 Å². The molecule has 0 radical (unpaired) electrons. The second-order valence-corrected chi connectivity index (χ2v) is 5.17. The summed E-state index contributed by atoms with van der Waals surface area (Å²) in [4.78, 5) is 0. The topological polar surface area (TPSA) is 30.5 Å². The fraction of sp³-hybridized carbons (Fsp3) is 0.667. The van der Waals surface area contributed by atoms with E-state index in [0.29, 0.717) is 6.54 Å². The molecule has 0 atom stereocenters. The molecule has 3 nitrogen and oxygen atoms in total. The molecule has 1 fully saturated rings. The lowest BCUT2D eigenvalue weighted by Gasteiger charge is -2.32. The van der Waals surface area contributed by atoms with E-state index in [-0.39, 0.29) is 30.7 Å². The van der Waals surface area contributed by atoms with Crippen LogP contribution in [0.5, 0.6) is 0 Å². The third-order valence-corrected chi connectivity index (χ3v) is 3.23. The van der Waals surface area contributed by atoms with Crippen LogP contribution in [0.25, 0.3) is 0 Å². The molecule has 1 saturated heterocycles. The molecule has 5 heteroatoms. The number of hydrogen-bond donors (Lipinski definition) is 1. The number of hydrogen-bond acceptors (Lipinski definition) is 3. The molecule has 0 aliphatic carbocycles. The third kappa shape index (κ3) is 3.85. The predicted molar refractivity (Wildman–Crippen MR) is 75.5 cm³/mol. The number of rotatable bonds is 5. The van der Waals surface area contributed by atoms with Gasteiger partial charge in [-0.25, -0.2) is 0 Å². The molecule has 0 amide bonds. The lowest BCUT2D eigenvalue weighted by Crippen LogP contribution is -2.41. The third-order valence-electron chi connectivity index (χ3n) is 3.23. The molecule has 17 heavy (non-hydrogen) atoms. The van der Waals surface area contributed by atoms with Crippen LogP contribution in [-0.2, 0) is 9.31 Å².